The number of rotatable bonds is 1. The highest BCUT2D eigenvalue weighted by Gasteiger charge is 2.37. The summed E-state index contributed by atoms with van der Waals surface area (Å²) in [6.07, 6.45) is 2.87. The van der Waals surface area contributed by atoms with Gasteiger partial charge >= 0.3 is 0 Å². The van der Waals surface area contributed by atoms with Crippen LogP contribution in [0.3, 0.4) is 0 Å². The smallest absolute Gasteiger partial charge is 0.129 e. The van der Waals surface area contributed by atoms with Gasteiger partial charge in [0.1, 0.15) is 5.82 Å². The number of aryl methyl sites for hydroxylation is 1. The van der Waals surface area contributed by atoms with Crippen molar-refractivity contribution in [2.45, 2.75) is 38.4 Å². The first kappa shape index (κ1) is 11.4. The zero-order valence-corrected chi connectivity index (χ0v) is 9.73. The summed E-state index contributed by atoms with van der Waals surface area (Å²) in [6, 6.07) is 1.88. The molecule has 0 aromatic carbocycles. The van der Waals surface area contributed by atoms with Gasteiger partial charge in [-0.05, 0) is 25.5 Å². The van der Waals surface area contributed by atoms with Crippen molar-refractivity contribution in [1.82, 2.24) is 4.98 Å². The lowest BCUT2D eigenvalue weighted by Crippen LogP contribution is -2.38. The van der Waals surface area contributed by atoms with Crippen LogP contribution in [0.25, 0.3) is 0 Å². The molecule has 0 spiro atoms. The average Bonchev–Trinajstić information content (AvgIpc) is 2.16. The first-order valence-electron chi connectivity index (χ1n) is 5.58. The van der Waals surface area contributed by atoms with Gasteiger partial charge in [0.25, 0.3) is 0 Å². The highest BCUT2D eigenvalue weighted by Crippen LogP contribution is 2.38. The van der Waals surface area contributed by atoms with Gasteiger partial charge in [-0.2, -0.15) is 0 Å². The van der Waals surface area contributed by atoms with Gasteiger partial charge in [0, 0.05) is 24.6 Å². The van der Waals surface area contributed by atoms with E-state index in [0.717, 1.165) is 11.1 Å². The number of hydrogen-bond donors (Lipinski definition) is 2. The molecule has 2 unspecified atom stereocenters. The van der Waals surface area contributed by atoms with Gasteiger partial charge in [0.15, 0.2) is 0 Å². The van der Waals surface area contributed by atoms with E-state index in [1.54, 1.807) is 6.20 Å². The molecule has 2 atom stereocenters. The van der Waals surface area contributed by atoms with Crippen molar-refractivity contribution in [3.63, 3.8) is 0 Å². The second-order valence-corrected chi connectivity index (χ2v) is 4.56. The Morgan fingerprint density at radius 3 is 3.00 bits per heavy atom. The van der Waals surface area contributed by atoms with Crippen molar-refractivity contribution in [2.24, 2.45) is 0 Å². The molecule has 0 saturated carbocycles. The number of anilines is 1. The third-order valence-electron chi connectivity index (χ3n) is 3.20. The van der Waals surface area contributed by atoms with Crippen LogP contribution in [0.2, 0.25) is 0 Å². The number of nitrogens with zero attached hydrogens (tertiary/aromatic N) is 1. The monoisotopic (exact) mass is 222 g/mol. The van der Waals surface area contributed by atoms with Crippen LogP contribution in [-0.4, -0.2) is 22.8 Å². The third kappa shape index (κ3) is 1.90. The predicted octanol–water partition coefficient (Wildman–Crippen LogP) is 1.36. The predicted molar refractivity (Wildman–Crippen MR) is 61.9 cm³/mol. The van der Waals surface area contributed by atoms with E-state index in [9.17, 15) is 5.11 Å². The summed E-state index contributed by atoms with van der Waals surface area (Å²) in [5.74, 6) is 0.427. The Balaban J connectivity index is 2.42. The van der Waals surface area contributed by atoms with Gasteiger partial charge in [-0.1, -0.05) is 0 Å². The van der Waals surface area contributed by atoms with Gasteiger partial charge in [-0.25, -0.2) is 4.98 Å². The fourth-order valence-corrected chi connectivity index (χ4v) is 2.48. The highest BCUT2D eigenvalue weighted by molar-refractivity contribution is 5.48. The number of aromatic nitrogens is 1. The van der Waals surface area contributed by atoms with E-state index in [0.29, 0.717) is 25.3 Å². The summed E-state index contributed by atoms with van der Waals surface area (Å²) in [6.45, 7) is 4.48. The number of nitrogen functional groups attached to an aromatic ring is 1. The molecule has 0 aliphatic carbocycles. The van der Waals surface area contributed by atoms with Crippen molar-refractivity contribution in [3.05, 3.63) is 23.4 Å². The lowest BCUT2D eigenvalue weighted by molar-refractivity contribution is -0.101. The van der Waals surface area contributed by atoms with Crippen molar-refractivity contribution >= 4 is 5.82 Å². The molecular formula is C12H18N2O2. The largest absolute Gasteiger partial charge is 0.385 e. The number of hydrogen-bond acceptors (Lipinski definition) is 4. The molecule has 1 saturated heterocycles. The zero-order chi connectivity index (χ0) is 11.8. The van der Waals surface area contributed by atoms with E-state index < -0.39 is 5.60 Å². The summed E-state index contributed by atoms with van der Waals surface area (Å²) in [7, 11) is 0. The van der Waals surface area contributed by atoms with E-state index in [1.165, 1.54) is 0 Å². The molecule has 3 N–H and O–H groups in total. The van der Waals surface area contributed by atoms with Crippen LogP contribution in [0.15, 0.2) is 12.3 Å². The molecule has 1 aromatic heterocycles. The second kappa shape index (κ2) is 4.03. The minimum absolute atomic E-state index is 0.0535. The number of pyridine rings is 1. The van der Waals surface area contributed by atoms with Gasteiger partial charge in [0.2, 0.25) is 0 Å². The fourth-order valence-electron chi connectivity index (χ4n) is 2.48. The maximum atomic E-state index is 10.7. The summed E-state index contributed by atoms with van der Waals surface area (Å²) < 4.78 is 5.45. The Kier molecular flexibility index (Phi) is 2.86. The van der Waals surface area contributed by atoms with Crippen molar-refractivity contribution < 1.29 is 9.84 Å². The van der Waals surface area contributed by atoms with Crippen LogP contribution < -0.4 is 5.73 Å². The highest BCUT2D eigenvalue weighted by atomic mass is 16.5. The molecule has 1 aliphatic rings. The Bertz CT molecular complexity index is 374. The molecule has 1 aliphatic heterocycles. The number of aliphatic hydroxyl groups is 1. The summed E-state index contributed by atoms with van der Waals surface area (Å²) in [5.41, 5.74) is 6.74. The molecule has 0 bridgehead atoms. The summed E-state index contributed by atoms with van der Waals surface area (Å²) in [4.78, 5) is 4.06. The van der Waals surface area contributed by atoms with Gasteiger partial charge in [-0.3, -0.25) is 0 Å². The minimum Gasteiger partial charge on any atom is -0.385 e. The SMILES string of the molecule is Cc1ccnc(N)c1C1(O)CCOC(C)C1. The van der Waals surface area contributed by atoms with Gasteiger partial charge in [0.05, 0.1) is 18.3 Å². The summed E-state index contributed by atoms with van der Waals surface area (Å²) in [5, 5.41) is 10.7. The molecular weight excluding hydrogens is 204 g/mol. The number of ether oxygens (including phenoxy) is 1. The molecule has 4 heteroatoms. The first-order valence-corrected chi connectivity index (χ1v) is 5.58. The fraction of sp³-hybridized carbons (Fsp3) is 0.583. The maximum Gasteiger partial charge on any atom is 0.129 e. The minimum atomic E-state index is -0.889. The normalized spacial score (nSPS) is 30.3. The summed E-state index contributed by atoms with van der Waals surface area (Å²) >= 11 is 0. The second-order valence-electron chi connectivity index (χ2n) is 4.56. The van der Waals surface area contributed by atoms with Crippen molar-refractivity contribution in [3.8, 4) is 0 Å². The lowest BCUT2D eigenvalue weighted by Gasteiger charge is -2.37. The average molecular weight is 222 g/mol. The Morgan fingerprint density at radius 1 is 1.62 bits per heavy atom. The third-order valence-corrected chi connectivity index (χ3v) is 3.20. The molecule has 4 nitrogen and oxygen atoms in total. The lowest BCUT2D eigenvalue weighted by atomic mass is 9.82. The standard InChI is InChI=1S/C12H18N2O2/c1-8-3-5-14-11(13)10(8)12(15)4-6-16-9(2)7-12/h3,5,9,15H,4,6-7H2,1-2H3,(H2,13,14). The first-order chi connectivity index (χ1) is 7.53. The van der Waals surface area contributed by atoms with Crippen molar-refractivity contribution in [2.75, 3.05) is 12.3 Å². The van der Waals surface area contributed by atoms with Crippen molar-refractivity contribution in [1.29, 1.82) is 0 Å². The van der Waals surface area contributed by atoms with Crippen LogP contribution in [-0.2, 0) is 10.3 Å². The maximum absolute atomic E-state index is 10.7. The molecule has 2 heterocycles. The van der Waals surface area contributed by atoms with E-state index >= 15 is 0 Å². The van der Waals surface area contributed by atoms with Crippen LogP contribution in [0.4, 0.5) is 5.82 Å². The van der Waals surface area contributed by atoms with Gasteiger partial charge in [-0.15, -0.1) is 0 Å². The van der Waals surface area contributed by atoms with Crippen LogP contribution >= 0.6 is 0 Å². The molecule has 2 rings (SSSR count). The quantitative estimate of drug-likeness (QED) is 0.752. The molecule has 0 amide bonds. The van der Waals surface area contributed by atoms with E-state index in [2.05, 4.69) is 4.98 Å². The molecule has 1 fully saturated rings. The Hall–Kier alpha value is -1.13. The van der Waals surface area contributed by atoms with E-state index in [4.69, 9.17) is 10.5 Å². The molecule has 88 valence electrons. The topological polar surface area (TPSA) is 68.4 Å². The Labute approximate surface area is 95.4 Å². The number of nitrogens with two attached hydrogens (primary N) is 1. The Morgan fingerprint density at radius 2 is 2.38 bits per heavy atom. The molecule has 0 radical (unpaired) electrons. The van der Waals surface area contributed by atoms with E-state index in [-0.39, 0.29) is 6.10 Å². The molecule has 16 heavy (non-hydrogen) atoms. The van der Waals surface area contributed by atoms with Crippen LogP contribution in [0.1, 0.15) is 30.9 Å². The van der Waals surface area contributed by atoms with Crippen LogP contribution in [0.5, 0.6) is 0 Å². The molecule has 1 aromatic rings. The van der Waals surface area contributed by atoms with E-state index in [1.807, 2.05) is 19.9 Å². The van der Waals surface area contributed by atoms with Gasteiger partial charge < -0.3 is 15.6 Å². The van der Waals surface area contributed by atoms with Crippen LogP contribution in [0, 0.1) is 6.92 Å². The zero-order valence-electron chi connectivity index (χ0n) is 9.73.